The van der Waals surface area contributed by atoms with Crippen LogP contribution in [0.1, 0.15) is 22.3 Å². The predicted octanol–water partition coefficient (Wildman–Crippen LogP) is 3.71. The third-order valence-electron chi connectivity index (χ3n) is 4.48. The molecule has 0 bridgehead atoms. The number of hydrogen-bond acceptors (Lipinski definition) is 4. The van der Waals surface area contributed by atoms with E-state index >= 15 is 0 Å². The summed E-state index contributed by atoms with van der Waals surface area (Å²) in [6.07, 6.45) is 1.82. The molecule has 0 aromatic heterocycles. The Morgan fingerprint density at radius 3 is 2.88 bits per heavy atom. The third kappa shape index (κ3) is 2.89. The second-order valence-electron chi connectivity index (χ2n) is 6.04. The number of carbonyl (C=O) groups excluding carboxylic acids is 1. The van der Waals surface area contributed by atoms with Crippen LogP contribution in [-0.4, -0.2) is 32.8 Å². The lowest BCUT2D eigenvalue weighted by Crippen LogP contribution is -2.35. The van der Waals surface area contributed by atoms with E-state index in [4.69, 9.17) is 25.8 Å². The fraction of sp³-hybridized carbons (Fsp3) is 0.316. The maximum Gasteiger partial charge on any atom is 0.258 e. The van der Waals surface area contributed by atoms with Crippen LogP contribution in [-0.2, 0) is 6.42 Å². The maximum atomic E-state index is 13.1. The van der Waals surface area contributed by atoms with Crippen LogP contribution >= 0.6 is 11.6 Å². The van der Waals surface area contributed by atoms with Crippen molar-refractivity contribution in [3.8, 4) is 17.2 Å². The molecule has 0 saturated heterocycles. The lowest BCUT2D eigenvalue weighted by atomic mass is 10.0. The van der Waals surface area contributed by atoms with Gasteiger partial charge >= 0.3 is 0 Å². The minimum absolute atomic E-state index is 0.0847. The number of carbonyl (C=O) groups is 1. The summed E-state index contributed by atoms with van der Waals surface area (Å²) in [7, 11) is 1.56. The zero-order valence-electron chi connectivity index (χ0n) is 13.9. The molecule has 0 saturated carbocycles. The Morgan fingerprint density at radius 1 is 1.20 bits per heavy atom. The van der Waals surface area contributed by atoms with Gasteiger partial charge in [0, 0.05) is 22.8 Å². The van der Waals surface area contributed by atoms with Crippen LogP contribution in [0.5, 0.6) is 17.2 Å². The van der Waals surface area contributed by atoms with Crippen LogP contribution in [0, 0.1) is 0 Å². The van der Waals surface area contributed by atoms with Gasteiger partial charge in [-0.15, -0.1) is 0 Å². The van der Waals surface area contributed by atoms with Crippen LogP contribution < -0.4 is 19.1 Å². The molecule has 5 nitrogen and oxygen atoms in total. The lowest BCUT2D eigenvalue weighted by Gasteiger charge is -2.30. The fourth-order valence-corrected chi connectivity index (χ4v) is 3.52. The molecule has 1 amide bonds. The van der Waals surface area contributed by atoms with Gasteiger partial charge in [-0.05, 0) is 48.7 Å². The molecular formula is C19H18ClNO4. The van der Waals surface area contributed by atoms with E-state index in [0.717, 1.165) is 24.1 Å². The number of anilines is 1. The van der Waals surface area contributed by atoms with Crippen LogP contribution in [0.4, 0.5) is 5.69 Å². The first-order chi connectivity index (χ1) is 12.2. The van der Waals surface area contributed by atoms with Crippen molar-refractivity contribution in [1.82, 2.24) is 0 Å². The molecule has 0 spiro atoms. The number of methoxy groups -OCH3 is 1. The molecule has 25 heavy (non-hydrogen) atoms. The number of nitrogens with zero attached hydrogens (tertiary/aromatic N) is 1. The molecule has 0 unspecified atom stereocenters. The summed E-state index contributed by atoms with van der Waals surface area (Å²) < 4.78 is 16.6. The quantitative estimate of drug-likeness (QED) is 0.820. The number of halogens is 1. The second-order valence-corrected chi connectivity index (χ2v) is 6.47. The van der Waals surface area contributed by atoms with Gasteiger partial charge in [-0.3, -0.25) is 4.79 Å². The number of aryl methyl sites for hydroxylation is 1. The van der Waals surface area contributed by atoms with Crippen molar-refractivity contribution < 1.29 is 19.0 Å². The first-order valence-corrected chi connectivity index (χ1v) is 8.63. The SMILES string of the molecule is COc1cc(C(=O)N2CCCc3cc(Cl)ccc32)cc2c1OCCO2. The van der Waals surface area contributed by atoms with E-state index in [1.807, 2.05) is 18.2 Å². The van der Waals surface area contributed by atoms with E-state index < -0.39 is 0 Å². The van der Waals surface area contributed by atoms with Gasteiger partial charge in [-0.2, -0.15) is 0 Å². The minimum atomic E-state index is -0.0847. The largest absolute Gasteiger partial charge is 0.493 e. The van der Waals surface area contributed by atoms with Gasteiger partial charge < -0.3 is 19.1 Å². The molecule has 0 N–H and O–H groups in total. The van der Waals surface area contributed by atoms with Gasteiger partial charge in [0.2, 0.25) is 5.75 Å². The van der Waals surface area contributed by atoms with Crippen molar-refractivity contribution in [2.75, 3.05) is 31.8 Å². The Bertz CT molecular complexity index is 819. The molecule has 2 aliphatic rings. The summed E-state index contributed by atoms with van der Waals surface area (Å²) in [6.45, 7) is 1.60. The number of rotatable bonds is 2. The highest BCUT2D eigenvalue weighted by atomic mass is 35.5. The van der Waals surface area contributed by atoms with Crippen molar-refractivity contribution >= 4 is 23.2 Å². The van der Waals surface area contributed by atoms with Crippen LogP contribution in [0.3, 0.4) is 0 Å². The summed E-state index contributed by atoms with van der Waals surface area (Å²) in [5, 5.41) is 0.689. The first kappa shape index (κ1) is 16.1. The number of ether oxygens (including phenoxy) is 3. The summed E-state index contributed by atoms with van der Waals surface area (Å²) >= 11 is 6.09. The molecule has 130 valence electrons. The number of hydrogen-bond donors (Lipinski definition) is 0. The molecule has 0 radical (unpaired) electrons. The molecule has 2 aromatic rings. The number of benzene rings is 2. The van der Waals surface area contributed by atoms with E-state index in [1.54, 1.807) is 24.1 Å². The van der Waals surface area contributed by atoms with Gasteiger partial charge in [-0.25, -0.2) is 0 Å². The monoisotopic (exact) mass is 359 g/mol. The highest BCUT2D eigenvalue weighted by Gasteiger charge is 2.27. The van der Waals surface area contributed by atoms with Crippen LogP contribution in [0.2, 0.25) is 5.02 Å². The first-order valence-electron chi connectivity index (χ1n) is 8.25. The Labute approximate surface area is 151 Å². The lowest BCUT2D eigenvalue weighted by molar-refractivity contribution is 0.0983. The standard InChI is InChI=1S/C19H18ClNO4/c1-23-16-10-13(11-17-18(16)25-8-7-24-17)19(22)21-6-2-3-12-9-14(20)4-5-15(12)21/h4-5,9-11H,2-3,6-8H2,1H3. The molecule has 0 aliphatic carbocycles. The van der Waals surface area contributed by atoms with Crippen molar-refractivity contribution in [2.45, 2.75) is 12.8 Å². The van der Waals surface area contributed by atoms with Crippen molar-refractivity contribution in [2.24, 2.45) is 0 Å². The molecule has 2 aromatic carbocycles. The number of amides is 1. The van der Waals surface area contributed by atoms with Crippen molar-refractivity contribution in [3.05, 3.63) is 46.5 Å². The summed E-state index contributed by atoms with van der Waals surface area (Å²) in [5.74, 6) is 1.52. The Hall–Kier alpha value is -2.40. The van der Waals surface area contributed by atoms with Crippen molar-refractivity contribution in [1.29, 1.82) is 0 Å². The smallest absolute Gasteiger partial charge is 0.258 e. The predicted molar refractivity (Wildman–Crippen MR) is 95.4 cm³/mol. The summed E-state index contributed by atoms with van der Waals surface area (Å²) in [4.78, 5) is 14.9. The maximum absolute atomic E-state index is 13.1. The second kappa shape index (κ2) is 6.48. The molecule has 4 rings (SSSR count). The topological polar surface area (TPSA) is 48.0 Å². The van der Waals surface area contributed by atoms with Crippen molar-refractivity contribution in [3.63, 3.8) is 0 Å². The zero-order chi connectivity index (χ0) is 17.4. The Kier molecular flexibility index (Phi) is 4.17. The highest BCUT2D eigenvalue weighted by molar-refractivity contribution is 6.30. The van der Waals surface area contributed by atoms with Gasteiger partial charge in [0.15, 0.2) is 11.5 Å². The molecule has 2 aliphatic heterocycles. The van der Waals surface area contributed by atoms with E-state index in [0.29, 0.717) is 47.6 Å². The average Bonchev–Trinajstić information content (AvgIpc) is 2.65. The Morgan fingerprint density at radius 2 is 2.04 bits per heavy atom. The third-order valence-corrected chi connectivity index (χ3v) is 4.72. The molecule has 6 heteroatoms. The van der Waals surface area contributed by atoms with E-state index in [9.17, 15) is 4.79 Å². The van der Waals surface area contributed by atoms with Crippen LogP contribution in [0.25, 0.3) is 0 Å². The minimum Gasteiger partial charge on any atom is -0.493 e. The zero-order valence-corrected chi connectivity index (χ0v) is 14.6. The normalized spacial score (nSPS) is 15.5. The Balaban J connectivity index is 1.73. The molecule has 0 atom stereocenters. The molecular weight excluding hydrogens is 342 g/mol. The fourth-order valence-electron chi connectivity index (χ4n) is 3.33. The molecule has 0 fully saturated rings. The summed E-state index contributed by atoms with van der Waals surface area (Å²) in [5.41, 5.74) is 2.52. The van der Waals surface area contributed by atoms with Gasteiger partial charge in [0.1, 0.15) is 13.2 Å². The average molecular weight is 360 g/mol. The van der Waals surface area contributed by atoms with Gasteiger partial charge in [0.05, 0.1) is 7.11 Å². The molecule has 2 heterocycles. The van der Waals surface area contributed by atoms with E-state index in [-0.39, 0.29) is 5.91 Å². The summed E-state index contributed by atoms with van der Waals surface area (Å²) in [6, 6.07) is 9.09. The number of fused-ring (bicyclic) bond motifs is 2. The highest BCUT2D eigenvalue weighted by Crippen LogP contribution is 2.41. The van der Waals surface area contributed by atoms with Gasteiger partial charge in [-0.1, -0.05) is 11.6 Å². The van der Waals surface area contributed by atoms with E-state index in [2.05, 4.69) is 0 Å². The van der Waals surface area contributed by atoms with E-state index in [1.165, 1.54) is 0 Å². The van der Waals surface area contributed by atoms with Crippen LogP contribution in [0.15, 0.2) is 30.3 Å². The van der Waals surface area contributed by atoms with Gasteiger partial charge in [0.25, 0.3) is 5.91 Å².